The molecule has 3 rings (SSSR count). The van der Waals surface area contributed by atoms with Crippen LogP contribution in [0.4, 0.5) is 5.69 Å². The lowest BCUT2D eigenvalue weighted by Crippen LogP contribution is -2.46. The van der Waals surface area contributed by atoms with Crippen LogP contribution in [0.1, 0.15) is 35.3 Å². The molecule has 5 heteroatoms. The summed E-state index contributed by atoms with van der Waals surface area (Å²) in [6.45, 7) is 8.37. The van der Waals surface area contributed by atoms with Crippen molar-refractivity contribution in [3.63, 3.8) is 0 Å². The van der Waals surface area contributed by atoms with Gasteiger partial charge in [0.25, 0.3) is 0 Å². The topological polar surface area (TPSA) is 73.4 Å². The average Bonchev–Trinajstić information content (AvgIpc) is 2.69. The van der Waals surface area contributed by atoms with Crippen molar-refractivity contribution in [2.75, 3.05) is 31.1 Å². The summed E-state index contributed by atoms with van der Waals surface area (Å²) in [6, 6.07) is 18.2. The number of rotatable bonds is 5. The van der Waals surface area contributed by atoms with E-state index >= 15 is 0 Å². The Morgan fingerprint density at radius 3 is 2.22 bits per heavy atom. The second kappa shape index (κ2) is 10.3. The molecule has 0 saturated carbocycles. The number of carbonyl (C=O) groups excluding carboxylic acids is 1. The SMILES string of the molecule is CC#N.CCc1ccc(N2CCN(Cc3ccccc3C(N)=O)CC2)cc1. The van der Waals surface area contributed by atoms with E-state index in [1.807, 2.05) is 24.3 Å². The molecule has 0 aromatic heterocycles. The highest BCUT2D eigenvalue weighted by Gasteiger charge is 2.18. The zero-order valence-corrected chi connectivity index (χ0v) is 16.2. The number of piperazine rings is 1. The Kier molecular flexibility index (Phi) is 7.84. The highest BCUT2D eigenvalue weighted by atomic mass is 16.1. The van der Waals surface area contributed by atoms with Crippen LogP contribution < -0.4 is 10.6 Å². The van der Waals surface area contributed by atoms with Gasteiger partial charge in [-0.15, -0.1) is 0 Å². The quantitative estimate of drug-likeness (QED) is 0.884. The van der Waals surface area contributed by atoms with Crippen LogP contribution in [-0.4, -0.2) is 37.0 Å². The van der Waals surface area contributed by atoms with Crippen molar-refractivity contribution < 1.29 is 4.79 Å². The molecule has 0 atom stereocenters. The lowest BCUT2D eigenvalue weighted by Gasteiger charge is -2.36. The van der Waals surface area contributed by atoms with Gasteiger partial charge < -0.3 is 10.6 Å². The minimum absolute atomic E-state index is 0.347. The minimum Gasteiger partial charge on any atom is -0.369 e. The van der Waals surface area contributed by atoms with E-state index < -0.39 is 0 Å². The van der Waals surface area contributed by atoms with Gasteiger partial charge in [0.1, 0.15) is 0 Å². The second-order valence-corrected chi connectivity index (χ2v) is 6.53. The minimum atomic E-state index is -0.347. The Hall–Kier alpha value is -2.84. The van der Waals surface area contributed by atoms with Crippen molar-refractivity contribution in [3.8, 4) is 6.07 Å². The van der Waals surface area contributed by atoms with Crippen LogP contribution in [-0.2, 0) is 13.0 Å². The molecule has 1 saturated heterocycles. The smallest absolute Gasteiger partial charge is 0.249 e. The lowest BCUT2D eigenvalue weighted by atomic mass is 10.1. The predicted octanol–water partition coefficient (Wildman–Crippen LogP) is 3.20. The molecule has 0 unspecified atom stereocenters. The maximum atomic E-state index is 11.5. The number of nitrogens with zero attached hydrogens (tertiary/aromatic N) is 3. The lowest BCUT2D eigenvalue weighted by molar-refractivity contribution is 0.0998. The molecule has 1 heterocycles. The molecule has 2 N–H and O–H groups in total. The molecule has 1 fully saturated rings. The summed E-state index contributed by atoms with van der Waals surface area (Å²) in [5.74, 6) is -0.347. The van der Waals surface area contributed by atoms with Gasteiger partial charge in [-0.1, -0.05) is 37.3 Å². The van der Waals surface area contributed by atoms with Gasteiger partial charge in [-0.3, -0.25) is 9.69 Å². The van der Waals surface area contributed by atoms with Gasteiger partial charge in [-0.2, -0.15) is 5.26 Å². The third kappa shape index (κ3) is 5.83. The van der Waals surface area contributed by atoms with Crippen LogP contribution in [0, 0.1) is 11.3 Å². The highest BCUT2D eigenvalue weighted by Crippen LogP contribution is 2.19. The first-order valence-electron chi connectivity index (χ1n) is 9.33. The first kappa shape index (κ1) is 20.5. The molecular formula is C22H28N4O. The van der Waals surface area contributed by atoms with E-state index in [-0.39, 0.29) is 5.91 Å². The Labute approximate surface area is 162 Å². The third-order valence-electron chi connectivity index (χ3n) is 4.76. The summed E-state index contributed by atoms with van der Waals surface area (Å²) in [7, 11) is 0. The molecule has 1 amide bonds. The molecule has 2 aromatic rings. The number of benzene rings is 2. The number of primary amides is 1. The average molecular weight is 364 g/mol. The van der Waals surface area contributed by atoms with Crippen LogP contribution in [0.15, 0.2) is 48.5 Å². The number of nitrogens with two attached hydrogens (primary N) is 1. The number of hydrogen-bond donors (Lipinski definition) is 1. The highest BCUT2D eigenvalue weighted by molar-refractivity contribution is 5.94. The first-order chi connectivity index (χ1) is 13.1. The van der Waals surface area contributed by atoms with Gasteiger partial charge in [-0.25, -0.2) is 0 Å². The van der Waals surface area contributed by atoms with Crippen LogP contribution in [0.5, 0.6) is 0 Å². The molecule has 2 aromatic carbocycles. The van der Waals surface area contributed by atoms with Crippen molar-refractivity contribution in [2.24, 2.45) is 5.73 Å². The number of aryl methyl sites for hydroxylation is 1. The number of anilines is 1. The molecule has 0 radical (unpaired) electrons. The number of carbonyl (C=O) groups is 1. The summed E-state index contributed by atoms with van der Waals surface area (Å²) >= 11 is 0. The zero-order chi connectivity index (χ0) is 19.6. The number of hydrogen-bond acceptors (Lipinski definition) is 4. The molecule has 0 bridgehead atoms. The fourth-order valence-corrected chi connectivity index (χ4v) is 3.25. The van der Waals surface area contributed by atoms with Crippen molar-refractivity contribution in [3.05, 3.63) is 65.2 Å². The third-order valence-corrected chi connectivity index (χ3v) is 4.76. The summed E-state index contributed by atoms with van der Waals surface area (Å²) in [6.07, 6.45) is 1.08. The Balaban J connectivity index is 0.000000817. The largest absolute Gasteiger partial charge is 0.369 e. The van der Waals surface area contributed by atoms with Gasteiger partial charge in [0.05, 0.1) is 6.07 Å². The van der Waals surface area contributed by atoms with E-state index in [2.05, 4.69) is 41.0 Å². The van der Waals surface area contributed by atoms with E-state index in [9.17, 15) is 4.79 Å². The molecule has 0 aliphatic carbocycles. The first-order valence-corrected chi connectivity index (χ1v) is 9.33. The molecule has 1 aliphatic rings. The Morgan fingerprint density at radius 2 is 1.67 bits per heavy atom. The van der Waals surface area contributed by atoms with Gasteiger partial charge in [0, 0.05) is 50.9 Å². The van der Waals surface area contributed by atoms with E-state index in [4.69, 9.17) is 11.0 Å². The van der Waals surface area contributed by atoms with E-state index in [0.29, 0.717) is 5.56 Å². The van der Waals surface area contributed by atoms with Crippen molar-refractivity contribution in [1.82, 2.24) is 4.90 Å². The van der Waals surface area contributed by atoms with Gasteiger partial charge >= 0.3 is 0 Å². The van der Waals surface area contributed by atoms with Crippen LogP contribution in [0.3, 0.4) is 0 Å². The molecular weight excluding hydrogens is 336 g/mol. The van der Waals surface area contributed by atoms with Crippen LogP contribution in [0.2, 0.25) is 0 Å². The van der Waals surface area contributed by atoms with Gasteiger partial charge in [-0.05, 0) is 35.7 Å². The standard InChI is InChI=1S/C20H25N3O.C2H3N/c1-2-16-7-9-18(10-8-16)23-13-11-22(12-14-23)15-17-5-3-4-6-19(17)20(21)24;1-2-3/h3-10H,2,11-15H2,1H3,(H2,21,24);1H3. The molecule has 5 nitrogen and oxygen atoms in total. The normalized spacial score (nSPS) is 14.0. The van der Waals surface area contributed by atoms with E-state index in [1.54, 1.807) is 6.07 Å². The van der Waals surface area contributed by atoms with Crippen molar-refractivity contribution >= 4 is 11.6 Å². The van der Waals surface area contributed by atoms with Crippen LogP contribution >= 0.6 is 0 Å². The Morgan fingerprint density at radius 1 is 1.07 bits per heavy atom. The van der Waals surface area contributed by atoms with Crippen LogP contribution in [0.25, 0.3) is 0 Å². The fourth-order valence-electron chi connectivity index (χ4n) is 3.25. The summed E-state index contributed by atoms with van der Waals surface area (Å²) < 4.78 is 0. The maximum Gasteiger partial charge on any atom is 0.249 e. The van der Waals surface area contributed by atoms with Crippen molar-refractivity contribution in [2.45, 2.75) is 26.8 Å². The number of nitriles is 1. The summed E-state index contributed by atoms with van der Waals surface area (Å²) in [4.78, 5) is 16.4. The molecule has 27 heavy (non-hydrogen) atoms. The van der Waals surface area contributed by atoms with Gasteiger partial charge in [0.2, 0.25) is 5.91 Å². The second-order valence-electron chi connectivity index (χ2n) is 6.53. The predicted molar refractivity (Wildman–Crippen MR) is 110 cm³/mol. The summed E-state index contributed by atoms with van der Waals surface area (Å²) in [5.41, 5.74) is 9.80. The number of amides is 1. The molecule has 1 aliphatic heterocycles. The van der Waals surface area contributed by atoms with Crippen molar-refractivity contribution in [1.29, 1.82) is 5.26 Å². The maximum absolute atomic E-state index is 11.5. The summed E-state index contributed by atoms with van der Waals surface area (Å²) in [5, 5.41) is 7.32. The fraction of sp³-hybridized carbons (Fsp3) is 0.364. The van der Waals surface area contributed by atoms with Gasteiger partial charge in [0.15, 0.2) is 0 Å². The van der Waals surface area contributed by atoms with E-state index in [1.165, 1.54) is 18.2 Å². The zero-order valence-electron chi connectivity index (χ0n) is 16.2. The Bertz CT molecular complexity index is 772. The van der Waals surface area contributed by atoms with E-state index in [0.717, 1.165) is 44.7 Å². The monoisotopic (exact) mass is 364 g/mol. The molecule has 142 valence electrons. The molecule has 0 spiro atoms.